The van der Waals surface area contributed by atoms with E-state index < -0.39 is 17.8 Å². The second-order valence-electron chi connectivity index (χ2n) is 5.45. The molecule has 6 heteroatoms. The summed E-state index contributed by atoms with van der Waals surface area (Å²) < 4.78 is 0. The maximum atomic E-state index is 12.5. The van der Waals surface area contributed by atoms with Crippen LogP contribution in [0.1, 0.15) is 6.42 Å². The van der Waals surface area contributed by atoms with Crippen LogP contribution in [0, 0.1) is 23.7 Å². The van der Waals surface area contributed by atoms with Crippen LogP contribution in [0.3, 0.4) is 0 Å². The number of nitrogens with one attached hydrogen (secondary N) is 1. The standard InChI is InChI=1S/C15H13Cl2NO3/c16-9-3-4-11(10(17)6-9)18-14(19)12-7-1-2-8(5-7)13(12)15(20)21/h1-4,6-8,12-13H,5H2,(H,18,19)(H,20,21)/t7-,8+,12-,13-/m0/s1. The molecule has 0 aromatic heterocycles. The molecule has 1 aromatic carbocycles. The van der Waals surface area contributed by atoms with E-state index >= 15 is 0 Å². The number of hydrogen-bond donors (Lipinski definition) is 2. The predicted octanol–water partition coefficient (Wildman–Crippen LogP) is 3.45. The Balaban J connectivity index is 1.82. The summed E-state index contributed by atoms with van der Waals surface area (Å²) in [6.45, 7) is 0. The van der Waals surface area contributed by atoms with E-state index in [2.05, 4.69) is 5.32 Å². The third-order valence-electron chi connectivity index (χ3n) is 4.24. The van der Waals surface area contributed by atoms with Crippen molar-refractivity contribution in [2.24, 2.45) is 23.7 Å². The second kappa shape index (κ2) is 5.35. The van der Waals surface area contributed by atoms with Crippen molar-refractivity contribution in [2.45, 2.75) is 6.42 Å². The van der Waals surface area contributed by atoms with Crippen LogP contribution in [0.4, 0.5) is 5.69 Å². The number of amides is 1. The molecule has 0 aliphatic heterocycles. The first-order chi connectivity index (χ1) is 9.97. The highest BCUT2D eigenvalue weighted by atomic mass is 35.5. The third-order valence-corrected chi connectivity index (χ3v) is 4.78. The van der Waals surface area contributed by atoms with Gasteiger partial charge >= 0.3 is 5.97 Å². The van der Waals surface area contributed by atoms with Gasteiger partial charge in [-0.3, -0.25) is 9.59 Å². The minimum atomic E-state index is -0.922. The van der Waals surface area contributed by atoms with Crippen LogP contribution in [0.15, 0.2) is 30.4 Å². The number of carboxylic acids is 1. The predicted molar refractivity (Wildman–Crippen MR) is 80.4 cm³/mol. The van der Waals surface area contributed by atoms with Crippen molar-refractivity contribution in [3.05, 3.63) is 40.4 Å². The SMILES string of the molecule is O=C(O)[C@@H]1[C@@H](C(=O)Nc2ccc(Cl)cc2Cl)[C@H]2C=C[C@@H]1C2. The molecule has 4 nitrogen and oxygen atoms in total. The van der Waals surface area contributed by atoms with Crippen molar-refractivity contribution in [3.8, 4) is 0 Å². The van der Waals surface area contributed by atoms with E-state index in [1.165, 1.54) is 6.07 Å². The average Bonchev–Trinajstić information content (AvgIpc) is 3.02. The molecule has 0 saturated heterocycles. The molecule has 4 atom stereocenters. The van der Waals surface area contributed by atoms with Crippen LogP contribution in [0.2, 0.25) is 10.0 Å². The zero-order valence-corrected chi connectivity index (χ0v) is 12.4. The van der Waals surface area contributed by atoms with Gasteiger partial charge in [0.25, 0.3) is 0 Å². The lowest BCUT2D eigenvalue weighted by Crippen LogP contribution is -2.36. The molecule has 0 heterocycles. The topological polar surface area (TPSA) is 66.4 Å². The van der Waals surface area contributed by atoms with Gasteiger partial charge in [0.05, 0.1) is 22.5 Å². The molecule has 21 heavy (non-hydrogen) atoms. The molecule has 1 fully saturated rings. The van der Waals surface area contributed by atoms with Crippen molar-refractivity contribution >= 4 is 40.8 Å². The summed E-state index contributed by atoms with van der Waals surface area (Å²) in [4.78, 5) is 23.9. The lowest BCUT2D eigenvalue weighted by atomic mass is 9.82. The van der Waals surface area contributed by atoms with Crippen LogP contribution in [0.25, 0.3) is 0 Å². The summed E-state index contributed by atoms with van der Waals surface area (Å²) in [6, 6.07) is 4.77. The van der Waals surface area contributed by atoms with Gasteiger partial charge in [-0.1, -0.05) is 35.4 Å². The normalized spacial score (nSPS) is 29.6. The van der Waals surface area contributed by atoms with Gasteiger partial charge in [-0.2, -0.15) is 0 Å². The molecule has 0 unspecified atom stereocenters. The highest BCUT2D eigenvalue weighted by Crippen LogP contribution is 2.48. The number of anilines is 1. The first-order valence-corrected chi connectivity index (χ1v) is 7.40. The van der Waals surface area contributed by atoms with E-state index in [-0.39, 0.29) is 17.7 Å². The summed E-state index contributed by atoms with van der Waals surface area (Å²) in [6.07, 6.45) is 4.57. The minimum Gasteiger partial charge on any atom is -0.481 e. The number of carboxylic acid groups (broad SMARTS) is 1. The van der Waals surface area contributed by atoms with Gasteiger partial charge in [0.2, 0.25) is 5.91 Å². The van der Waals surface area contributed by atoms with Gasteiger partial charge in [-0.25, -0.2) is 0 Å². The Kier molecular flexibility index (Phi) is 3.68. The number of benzene rings is 1. The van der Waals surface area contributed by atoms with E-state index in [9.17, 15) is 14.7 Å². The fraction of sp³-hybridized carbons (Fsp3) is 0.333. The van der Waals surface area contributed by atoms with Gasteiger partial charge < -0.3 is 10.4 Å². The zero-order chi connectivity index (χ0) is 15.1. The van der Waals surface area contributed by atoms with Gasteiger partial charge in [-0.15, -0.1) is 0 Å². The minimum absolute atomic E-state index is 0.0119. The molecule has 2 aliphatic rings. The molecular weight excluding hydrogens is 313 g/mol. The number of allylic oxidation sites excluding steroid dienone is 2. The number of hydrogen-bond acceptors (Lipinski definition) is 2. The number of aliphatic carboxylic acids is 1. The van der Waals surface area contributed by atoms with Crippen LogP contribution < -0.4 is 5.32 Å². The molecule has 2 N–H and O–H groups in total. The quantitative estimate of drug-likeness (QED) is 0.836. The fourth-order valence-electron chi connectivity index (χ4n) is 3.32. The molecule has 0 spiro atoms. The summed E-state index contributed by atoms with van der Waals surface area (Å²) >= 11 is 11.8. The molecule has 2 bridgehead atoms. The number of carbonyl (C=O) groups excluding carboxylic acids is 1. The first kappa shape index (κ1) is 14.4. The largest absolute Gasteiger partial charge is 0.481 e. The van der Waals surface area contributed by atoms with Crippen molar-refractivity contribution in [1.82, 2.24) is 0 Å². The maximum absolute atomic E-state index is 12.5. The lowest BCUT2D eigenvalue weighted by molar-refractivity contribution is -0.146. The molecule has 2 aliphatic carbocycles. The van der Waals surface area contributed by atoms with Crippen LogP contribution >= 0.6 is 23.2 Å². The van der Waals surface area contributed by atoms with E-state index in [0.717, 1.165) is 6.42 Å². The van der Waals surface area contributed by atoms with Gasteiger partial charge in [-0.05, 0) is 36.5 Å². The number of rotatable bonds is 3. The summed E-state index contributed by atoms with van der Waals surface area (Å²) in [5.74, 6) is -2.50. The smallest absolute Gasteiger partial charge is 0.307 e. The number of carbonyl (C=O) groups is 2. The van der Waals surface area contributed by atoms with E-state index in [1.54, 1.807) is 12.1 Å². The Bertz CT molecular complexity index is 644. The van der Waals surface area contributed by atoms with Crippen LogP contribution in [0.5, 0.6) is 0 Å². The highest BCUT2D eigenvalue weighted by Gasteiger charge is 2.51. The molecule has 3 rings (SSSR count). The molecule has 0 radical (unpaired) electrons. The molecule has 1 aromatic rings. The van der Waals surface area contributed by atoms with E-state index in [0.29, 0.717) is 15.7 Å². The monoisotopic (exact) mass is 325 g/mol. The fourth-order valence-corrected chi connectivity index (χ4v) is 3.78. The van der Waals surface area contributed by atoms with Gasteiger partial charge in [0.15, 0.2) is 0 Å². The Hall–Kier alpha value is -1.52. The Labute approximate surface area is 131 Å². The van der Waals surface area contributed by atoms with Gasteiger partial charge in [0.1, 0.15) is 0 Å². The summed E-state index contributed by atoms with van der Waals surface area (Å²) in [5.41, 5.74) is 0.446. The summed E-state index contributed by atoms with van der Waals surface area (Å²) in [5, 5.41) is 12.9. The van der Waals surface area contributed by atoms with E-state index in [4.69, 9.17) is 23.2 Å². The van der Waals surface area contributed by atoms with Gasteiger partial charge in [0, 0.05) is 5.02 Å². The molecular formula is C15H13Cl2NO3. The van der Waals surface area contributed by atoms with Crippen molar-refractivity contribution in [1.29, 1.82) is 0 Å². The first-order valence-electron chi connectivity index (χ1n) is 6.64. The van der Waals surface area contributed by atoms with Crippen molar-refractivity contribution in [3.63, 3.8) is 0 Å². The van der Waals surface area contributed by atoms with Crippen LogP contribution in [-0.2, 0) is 9.59 Å². The molecule has 1 saturated carbocycles. The maximum Gasteiger partial charge on any atom is 0.307 e. The van der Waals surface area contributed by atoms with Crippen molar-refractivity contribution in [2.75, 3.05) is 5.32 Å². The average molecular weight is 326 g/mol. The van der Waals surface area contributed by atoms with E-state index in [1.807, 2.05) is 12.2 Å². The number of fused-ring (bicyclic) bond motifs is 2. The lowest BCUT2D eigenvalue weighted by Gasteiger charge is -2.24. The third kappa shape index (κ3) is 2.54. The Morgan fingerprint density at radius 3 is 2.43 bits per heavy atom. The number of halogens is 2. The summed E-state index contributed by atoms with van der Waals surface area (Å²) in [7, 11) is 0. The molecule has 110 valence electrons. The molecule has 1 amide bonds. The highest BCUT2D eigenvalue weighted by molar-refractivity contribution is 6.36. The van der Waals surface area contributed by atoms with Crippen molar-refractivity contribution < 1.29 is 14.7 Å². The second-order valence-corrected chi connectivity index (χ2v) is 6.30. The zero-order valence-electron chi connectivity index (χ0n) is 10.9. The Morgan fingerprint density at radius 1 is 1.14 bits per heavy atom. The Morgan fingerprint density at radius 2 is 1.81 bits per heavy atom. The van der Waals surface area contributed by atoms with Crippen LogP contribution in [-0.4, -0.2) is 17.0 Å².